The number of carbonyl (C=O) groups is 1. The molecule has 2 N–H and O–H groups in total. The minimum Gasteiger partial charge on any atom is -0.374 e. The van der Waals surface area contributed by atoms with Gasteiger partial charge in [0.05, 0.1) is 12.2 Å². The molecule has 1 saturated carbocycles. The Morgan fingerprint density at radius 2 is 1.95 bits per heavy atom. The second-order valence-electron chi connectivity index (χ2n) is 5.23. The molecule has 20 heavy (non-hydrogen) atoms. The number of carbonyl (C=O) groups excluding carboxylic acids is 1. The first-order valence-electron chi connectivity index (χ1n) is 7.13. The van der Waals surface area contributed by atoms with Crippen molar-refractivity contribution < 1.29 is 9.18 Å². The van der Waals surface area contributed by atoms with E-state index in [9.17, 15) is 9.18 Å². The zero-order valence-corrected chi connectivity index (χ0v) is 13.0. The molecule has 0 heterocycles. The number of hydrogen-bond acceptors (Lipinski definition) is 2. The summed E-state index contributed by atoms with van der Waals surface area (Å²) in [7, 11) is 0. The van der Waals surface area contributed by atoms with E-state index >= 15 is 0 Å². The van der Waals surface area contributed by atoms with Crippen molar-refractivity contribution >= 4 is 27.5 Å². The standard InChI is InChI=1S/C15H20BrFN2O/c16-11-7-8-14(13(17)9-11)18-10-15(20)19-12-5-3-1-2-4-6-12/h7-9,12,18H,1-6,10H2,(H,19,20). The van der Waals surface area contributed by atoms with Crippen LogP contribution in [0.4, 0.5) is 10.1 Å². The molecule has 0 aromatic heterocycles. The molecular formula is C15H20BrFN2O. The Kier molecular flexibility index (Phi) is 5.83. The monoisotopic (exact) mass is 342 g/mol. The molecule has 5 heteroatoms. The van der Waals surface area contributed by atoms with Gasteiger partial charge in [0.15, 0.2) is 0 Å². The third kappa shape index (κ3) is 4.78. The van der Waals surface area contributed by atoms with Gasteiger partial charge in [0.2, 0.25) is 5.91 Å². The average molecular weight is 343 g/mol. The summed E-state index contributed by atoms with van der Waals surface area (Å²) < 4.78 is 14.3. The second kappa shape index (κ2) is 7.62. The van der Waals surface area contributed by atoms with Gasteiger partial charge < -0.3 is 10.6 Å². The summed E-state index contributed by atoms with van der Waals surface area (Å²) in [6.45, 7) is 0.106. The molecule has 1 aromatic carbocycles. The molecule has 1 aromatic rings. The highest BCUT2D eigenvalue weighted by Gasteiger charge is 2.14. The van der Waals surface area contributed by atoms with Crippen LogP contribution in [0.3, 0.4) is 0 Å². The molecule has 0 aliphatic heterocycles. The smallest absolute Gasteiger partial charge is 0.239 e. The fraction of sp³-hybridized carbons (Fsp3) is 0.533. The Morgan fingerprint density at radius 1 is 1.25 bits per heavy atom. The fourth-order valence-corrected chi connectivity index (χ4v) is 2.84. The minimum atomic E-state index is -0.360. The van der Waals surface area contributed by atoms with Gasteiger partial charge in [-0.05, 0) is 31.0 Å². The van der Waals surface area contributed by atoms with Gasteiger partial charge in [-0.1, -0.05) is 41.6 Å². The molecule has 2 rings (SSSR count). The molecule has 3 nitrogen and oxygen atoms in total. The van der Waals surface area contributed by atoms with Gasteiger partial charge in [0.1, 0.15) is 5.82 Å². The number of benzene rings is 1. The van der Waals surface area contributed by atoms with Gasteiger partial charge in [-0.25, -0.2) is 4.39 Å². The van der Waals surface area contributed by atoms with Crippen molar-refractivity contribution in [2.24, 2.45) is 0 Å². The summed E-state index contributed by atoms with van der Waals surface area (Å²) in [5.41, 5.74) is 0.351. The quantitative estimate of drug-likeness (QED) is 0.816. The van der Waals surface area contributed by atoms with Crippen molar-refractivity contribution in [2.45, 2.75) is 44.6 Å². The molecule has 0 radical (unpaired) electrons. The van der Waals surface area contributed by atoms with Gasteiger partial charge in [-0.15, -0.1) is 0 Å². The zero-order valence-electron chi connectivity index (χ0n) is 11.4. The molecule has 1 fully saturated rings. The molecular weight excluding hydrogens is 323 g/mol. The van der Waals surface area contributed by atoms with E-state index in [0.29, 0.717) is 10.2 Å². The van der Waals surface area contributed by atoms with Crippen LogP contribution in [0.5, 0.6) is 0 Å². The lowest BCUT2D eigenvalue weighted by Crippen LogP contribution is -2.38. The summed E-state index contributed by atoms with van der Waals surface area (Å²) in [4.78, 5) is 11.9. The van der Waals surface area contributed by atoms with Crippen LogP contribution in [-0.4, -0.2) is 18.5 Å². The second-order valence-corrected chi connectivity index (χ2v) is 6.15. The van der Waals surface area contributed by atoms with Crippen molar-refractivity contribution in [3.05, 3.63) is 28.5 Å². The van der Waals surface area contributed by atoms with Crippen LogP contribution < -0.4 is 10.6 Å². The van der Waals surface area contributed by atoms with Crippen LogP contribution in [0, 0.1) is 5.82 Å². The topological polar surface area (TPSA) is 41.1 Å². The van der Waals surface area contributed by atoms with E-state index in [1.54, 1.807) is 12.1 Å². The Hall–Kier alpha value is -1.10. The van der Waals surface area contributed by atoms with Crippen LogP contribution in [-0.2, 0) is 4.79 Å². The van der Waals surface area contributed by atoms with E-state index in [1.165, 1.54) is 31.7 Å². The minimum absolute atomic E-state index is 0.0702. The Morgan fingerprint density at radius 3 is 2.60 bits per heavy atom. The molecule has 1 aliphatic carbocycles. The lowest BCUT2D eigenvalue weighted by atomic mass is 10.1. The van der Waals surface area contributed by atoms with Crippen LogP contribution >= 0.6 is 15.9 Å². The fourth-order valence-electron chi connectivity index (χ4n) is 2.51. The molecule has 0 spiro atoms. The van der Waals surface area contributed by atoms with Gasteiger partial charge >= 0.3 is 0 Å². The van der Waals surface area contributed by atoms with E-state index in [4.69, 9.17) is 0 Å². The Labute approximate surface area is 127 Å². The molecule has 0 unspecified atom stereocenters. The number of halogens is 2. The number of amides is 1. The number of rotatable bonds is 4. The van der Waals surface area contributed by atoms with Crippen LogP contribution in [0.2, 0.25) is 0 Å². The van der Waals surface area contributed by atoms with E-state index in [0.717, 1.165) is 12.8 Å². The molecule has 110 valence electrons. The highest BCUT2D eigenvalue weighted by atomic mass is 79.9. The van der Waals surface area contributed by atoms with Crippen molar-refractivity contribution in [2.75, 3.05) is 11.9 Å². The number of nitrogens with one attached hydrogen (secondary N) is 2. The van der Waals surface area contributed by atoms with Crippen molar-refractivity contribution in [3.63, 3.8) is 0 Å². The average Bonchev–Trinajstić information content (AvgIpc) is 2.66. The molecule has 1 amide bonds. The van der Waals surface area contributed by atoms with E-state index in [2.05, 4.69) is 26.6 Å². The van der Waals surface area contributed by atoms with Gasteiger partial charge in [-0.2, -0.15) is 0 Å². The highest BCUT2D eigenvalue weighted by molar-refractivity contribution is 9.10. The third-order valence-corrected chi connectivity index (χ3v) is 4.08. The molecule has 1 aliphatic rings. The third-order valence-electron chi connectivity index (χ3n) is 3.59. The van der Waals surface area contributed by atoms with Gasteiger partial charge in [0.25, 0.3) is 0 Å². The largest absolute Gasteiger partial charge is 0.374 e. The lowest BCUT2D eigenvalue weighted by molar-refractivity contribution is -0.120. The Balaban J connectivity index is 1.79. The van der Waals surface area contributed by atoms with Crippen molar-refractivity contribution in [1.82, 2.24) is 5.32 Å². The summed E-state index contributed by atoms with van der Waals surface area (Å²) in [6.07, 6.45) is 6.99. The number of hydrogen-bond donors (Lipinski definition) is 2. The lowest BCUT2D eigenvalue weighted by Gasteiger charge is -2.16. The SMILES string of the molecule is O=C(CNc1ccc(Br)cc1F)NC1CCCCCC1. The summed E-state index contributed by atoms with van der Waals surface area (Å²) in [6, 6.07) is 5.03. The summed E-state index contributed by atoms with van der Waals surface area (Å²) in [5, 5.41) is 5.86. The van der Waals surface area contributed by atoms with Crippen LogP contribution in [0.15, 0.2) is 22.7 Å². The van der Waals surface area contributed by atoms with Crippen LogP contribution in [0.1, 0.15) is 38.5 Å². The maximum absolute atomic E-state index is 13.6. The van der Waals surface area contributed by atoms with Crippen molar-refractivity contribution in [1.29, 1.82) is 0 Å². The van der Waals surface area contributed by atoms with Crippen molar-refractivity contribution in [3.8, 4) is 0 Å². The first kappa shape index (κ1) is 15.3. The number of anilines is 1. The first-order valence-corrected chi connectivity index (χ1v) is 7.93. The maximum Gasteiger partial charge on any atom is 0.239 e. The molecule has 0 bridgehead atoms. The van der Waals surface area contributed by atoms with Gasteiger partial charge in [0, 0.05) is 10.5 Å². The maximum atomic E-state index is 13.6. The summed E-state index contributed by atoms with van der Waals surface area (Å²) >= 11 is 3.20. The predicted molar refractivity (Wildman–Crippen MR) is 82.2 cm³/mol. The van der Waals surface area contributed by atoms with Crippen LogP contribution in [0.25, 0.3) is 0 Å². The predicted octanol–water partition coefficient (Wildman–Crippen LogP) is 3.84. The van der Waals surface area contributed by atoms with Gasteiger partial charge in [-0.3, -0.25) is 4.79 Å². The summed E-state index contributed by atoms with van der Waals surface area (Å²) in [5.74, 6) is -0.430. The van der Waals surface area contributed by atoms with E-state index < -0.39 is 0 Å². The van der Waals surface area contributed by atoms with E-state index in [-0.39, 0.29) is 24.3 Å². The molecule has 0 atom stereocenters. The normalized spacial score (nSPS) is 16.5. The van der Waals surface area contributed by atoms with E-state index in [1.807, 2.05) is 0 Å². The molecule has 0 saturated heterocycles. The zero-order chi connectivity index (χ0) is 14.4. The highest BCUT2D eigenvalue weighted by Crippen LogP contribution is 2.19. The Bertz CT molecular complexity index is 459. The first-order chi connectivity index (χ1) is 9.65.